The van der Waals surface area contributed by atoms with Gasteiger partial charge in [-0.1, -0.05) is 12.1 Å². The van der Waals surface area contributed by atoms with Gasteiger partial charge >= 0.3 is 24.0 Å². The number of benzene rings is 1. The quantitative estimate of drug-likeness (QED) is 0.367. The van der Waals surface area contributed by atoms with Crippen LogP contribution in [0, 0.1) is 0 Å². The van der Waals surface area contributed by atoms with Crippen molar-refractivity contribution in [1.29, 1.82) is 0 Å². The molecule has 1 fully saturated rings. The summed E-state index contributed by atoms with van der Waals surface area (Å²) in [4.78, 5) is 48.8. The summed E-state index contributed by atoms with van der Waals surface area (Å²) >= 11 is 0. The summed E-state index contributed by atoms with van der Waals surface area (Å²) in [6.45, 7) is 3.60. The third-order valence-corrected chi connectivity index (χ3v) is 5.01. The van der Waals surface area contributed by atoms with Crippen LogP contribution in [0.25, 0.3) is 0 Å². The molecule has 0 bridgehead atoms. The van der Waals surface area contributed by atoms with Gasteiger partial charge in [0.15, 0.2) is 6.10 Å². The number of nitrogens with zero attached hydrogens (tertiary/aromatic N) is 1. The average molecular weight is 497 g/mol. The predicted molar refractivity (Wildman–Crippen MR) is 120 cm³/mol. The first kappa shape index (κ1) is 27.9. The molecule has 194 valence electrons. The zero-order valence-electron chi connectivity index (χ0n) is 20.5. The van der Waals surface area contributed by atoms with Gasteiger partial charge in [-0.15, -0.1) is 0 Å². The van der Waals surface area contributed by atoms with Crippen molar-refractivity contribution >= 4 is 24.0 Å². The molecule has 0 aromatic heterocycles. The van der Waals surface area contributed by atoms with Crippen molar-refractivity contribution in [2.24, 2.45) is 0 Å². The maximum absolute atomic E-state index is 12.1. The van der Waals surface area contributed by atoms with E-state index in [2.05, 4.69) is 5.32 Å². The van der Waals surface area contributed by atoms with Crippen molar-refractivity contribution in [2.45, 2.75) is 51.5 Å². The molecule has 1 aliphatic rings. The monoisotopic (exact) mass is 496 g/mol. The fraction of sp³-hybridized carbons (Fsp3) is 0.565. The molecule has 0 unspecified atom stereocenters. The lowest BCUT2D eigenvalue weighted by Crippen LogP contribution is -2.55. The molecule has 2 rings (SSSR count). The Labute approximate surface area is 203 Å². The molecule has 1 saturated heterocycles. The van der Waals surface area contributed by atoms with Crippen LogP contribution in [0.4, 0.5) is 4.79 Å². The van der Waals surface area contributed by atoms with Gasteiger partial charge in [0.2, 0.25) is 12.4 Å². The number of carbonyl (C=O) groups excluding carboxylic acids is 4. The molecule has 12 heteroatoms. The summed E-state index contributed by atoms with van der Waals surface area (Å²) in [6, 6.07) is 6.57. The first-order valence-electron chi connectivity index (χ1n) is 11.0. The van der Waals surface area contributed by atoms with Crippen molar-refractivity contribution in [3.8, 4) is 5.75 Å². The molecule has 1 N–H and O–H groups in total. The van der Waals surface area contributed by atoms with Crippen LogP contribution < -0.4 is 10.1 Å². The van der Waals surface area contributed by atoms with Crippen molar-refractivity contribution in [3.63, 3.8) is 0 Å². The van der Waals surface area contributed by atoms with Crippen LogP contribution in [0.5, 0.6) is 5.75 Å². The van der Waals surface area contributed by atoms with Gasteiger partial charge in [0.1, 0.15) is 18.5 Å². The Morgan fingerprint density at radius 1 is 1.09 bits per heavy atom. The summed E-state index contributed by atoms with van der Waals surface area (Å²) in [5, 5.41) is 2.95. The Morgan fingerprint density at radius 3 is 2.31 bits per heavy atom. The lowest BCUT2D eigenvalue weighted by atomic mass is 10.0. The lowest BCUT2D eigenvalue weighted by Gasteiger charge is -2.39. The number of amides is 1. The minimum Gasteiger partial charge on any atom is -0.467 e. The second kappa shape index (κ2) is 13.5. The molecule has 1 aromatic rings. The predicted octanol–water partition coefficient (Wildman–Crippen LogP) is 1.00. The summed E-state index contributed by atoms with van der Waals surface area (Å²) < 4.78 is 32.1. The highest BCUT2D eigenvalue weighted by Crippen LogP contribution is 2.29. The molecule has 1 amide bonds. The summed E-state index contributed by atoms with van der Waals surface area (Å²) in [6.07, 6.45) is -4.99. The van der Waals surface area contributed by atoms with Gasteiger partial charge in [-0.3, -0.25) is 9.59 Å². The molecule has 0 radical (unpaired) electrons. The van der Waals surface area contributed by atoms with Crippen LogP contribution in [0.1, 0.15) is 25.8 Å². The number of nitrogens with one attached hydrogen (secondary N) is 1. The van der Waals surface area contributed by atoms with Gasteiger partial charge in [0, 0.05) is 40.4 Å². The number of carbonyl (C=O) groups is 4. The van der Waals surface area contributed by atoms with Crippen LogP contribution in [0.2, 0.25) is 0 Å². The summed E-state index contributed by atoms with van der Waals surface area (Å²) in [5.41, 5.74) is 0.707. The standard InChI is InChI=1S/C23H32N2O10/c1-14(26)32-18-12-19(21(28)30-5)35-22(20(18)33-15(2)27)34-17-8-6-16(7-9-17)13-31-23(29)25(4)11-10-24-3/h6-9,18-20,22,24H,10-13H2,1-5H3/t18-,19-,20+,22+/m0/s1. The summed E-state index contributed by atoms with van der Waals surface area (Å²) in [7, 11) is 4.64. The zero-order valence-corrected chi connectivity index (χ0v) is 20.5. The number of hydrogen-bond donors (Lipinski definition) is 1. The Bertz CT molecular complexity index is 876. The van der Waals surface area contributed by atoms with Crippen molar-refractivity contribution < 1.29 is 47.6 Å². The van der Waals surface area contributed by atoms with E-state index in [1.165, 1.54) is 25.9 Å². The van der Waals surface area contributed by atoms with Gasteiger partial charge in [-0.2, -0.15) is 0 Å². The van der Waals surface area contributed by atoms with E-state index >= 15 is 0 Å². The van der Waals surface area contributed by atoms with Crippen LogP contribution >= 0.6 is 0 Å². The number of hydrogen-bond acceptors (Lipinski definition) is 11. The molecular weight excluding hydrogens is 464 g/mol. The van der Waals surface area contributed by atoms with Crippen LogP contribution in [0.3, 0.4) is 0 Å². The number of esters is 3. The Balaban J connectivity index is 2.10. The van der Waals surface area contributed by atoms with E-state index < -0.39 is 48.6 Å². The molecule has 0 saturated carbocycles. The third-order valence-electron chi connectivity index (χ3n) is 5.01. The lowest BCUT2D eigenvalue weighted by molar-refractivity contribution is -0.251. The Kier molecular flexibility index (Phi) is 10.7. The van der Waals surface area contributed by atoms with Crippen LogP contribution in [0.15, 0.2) is 24.3 Å². The number of methoxy groups -OCH3 is 1. The van der Waals surface area contributed by atoms with E-state index in [4.69, 9.17) is 28.4 Å². The number of likely N-dealkylation sites (N-methyl/N-ethyl adjacent to an activating group) is 2. The van der Waals surface area contributed by atoms with E-state index in [0.29, 0.717) is 24.4 Å². The highest BCUT2D eigenvalue weighted by Gasteiger charge is 2.47. The van der Waals surface area contributed by atoms with Gasteiger partial charge < -0.3 is 38.6 Å². The van der Waals surface area contributed by atoms with Gasteiger partial charge in [-0.05, 0) is 24.7 Å². The maximum Gasteiger partial charge on any atom is 0.409 e. The van der Waals surface area contributed by atoms with Crippen LogP contribution in [-0.2, 0) is 44.7 Å². The topological polar surface area (TPSA) is 139 Å². The SMILES string of the molecule is CNCCN(C)C(=O)OCc1ccc(O[C@@H]2O[C@H](C(=O)OC)C[C@H](OC(C)=O)[C@H]2OC(C)=O)cc1. The molecule has 0 spiro atoms. The molecule has 0 aliphatic carbocycles. The molecule has 1 aromatic carbocycles. The highest BCUT2D eigenvalue weighted by molar-refractivity contribution is 5.75. The second-order valence-corrected chi connectivity index (χ2v) is 7.82. The first-order valence-corrected chi connectivity index (χ1v) is 11.0. The van der Waals surface area contributed by atoms with E-state index in [1.54, 1.807) is 38.4 Å². The molecule has 35 heavy (non-hydrogen) atoms. The molecule has 4 atom stereocenters. The van der Waals surface area contributed by atoms with Gasteiger partial charge in [0.05, 0.1) is 7.11 Å². The van der Waals surface area contributed by atoms with E-state index in [1.807, 2.05) is 0 Å². The average Bonchev–Trinajstić information content (AvgIpc) is 2.82. The van der Waals surface area contributed by atoms with Crippen molar-refractivity contribution in [2.75, 3.05) is 34.3 Å². The van der Waals surface area contributed by atoms with E-state index in [9.17, 15) is 19.2 Å². The van der Waals surface area contributed by atoms with E-state index in [0.717, 1.165) is 0 Å². The highest BCUT2D eigenvalue weighted by atomic mass is 16.7. The van der Waals surface area contributed by atoms with Crippen molar-refractivity contribution in [1.82, 2.24) is 10.2 Å². The smallest absolute Gasteiger partial charge is 0.409 e. The fourth-order valence-corrected chi connectivity index (χ4v) is 3.27. The van der Waals surface area contributed by atoms with Crippen LogP contribution in [-0.4, -0.2) is 87.8 Å². The number of ether oxygens (including phenoxy) is 6. The molecule has 1 heterocycles. The molecular formula is C23H32N2O10. The van der Waals surface area contributed by atoms with Gasteiger partial charge in [-0.25, -0.2) is 9.59 Å². The second-order valence-electron chi connectivity index (χ2n) is 7.82. The zero-order chi connectivity index (χ0) is 26.0. The minimum absolute atomic E-state index is 0.0535. The normalized spacial score (nSPS) is 21.4. The Hall–Kier alpha value is -3.38. The maximum atomic E-state index is 12.1. The van der Waals surface area contributed by atoms with Gasteiger partial charge in [0.25, 0.3) is 0 Å². The minimum atomic E-state index is -1.26. The van der Waals surface area contributed by atoms with Crippen molar-refractivity contribution in [3.05, 3.63) is 29.8 Å². The third kappa shape index (κ3) is 8.72. The van der Waals surface area contributed by atoms with E-state index in [-0.39, 0.29) is 13.0 Å². The first-order chi connectivity index (χ1) is 16.6. The summed E-state index contributed by atoms with van der Waals surface area (Å²) in [5.74, 6) is -1.63. The number of rotatable bonds is 10. The molecule has 12 nitrogen and oxygen atoms in total. The fourth-order valence-electron chi connectivity index (χ4n) is 3.27. The largest absolute Gasteiger partial charge is 0.467 e. The molecule has 1 aliphatic heterocycles. The Morgan fingerprint density at radius 2 is 1.74 bits per heavy atom.